The van der Waals surface area contributed by atoms with E-state index in [2.05, 4.69) is 5.32 Å². The lowest BCUT2D eigenvalue weighted by Crippen LogP contribution is -2.35. The van der Waals surface area contributed by atoms with Crippen molar-refractivity contribution in [1.82, 2.24) is 0 Å². The summed E-state index contributed by atoms with van der Waals surface area (Å²) in [6, 6.07) is 6.65. The minimum Gasteiger partial charge on any atom is -0.462 e. The molecule has 3 N–H and O–H groups in total. The van der Waals surface area contributed by atoms with Crippen LogP contribution < -0.4 is 11.1 Å². The first-order valence-corrected chi connectivity index (χ1v) is 7.27. The van der Waals surface area contributed by atoms with Crippen molar-refractivity contribution in [3.05, 3.63) is 29.8 Å². The molecule has 0 aliphatic rings. The van der Waals surface area contributed by atoms with Crippen LogP contribution in [0.4, 0.5) is 5.69 Å². The Morgan fingerprint density at radius 3 is 2.38 bits per heavy atom. The van der Waals surface area contributed by atoms with Crippen molar-refractivity contribution in [3.8, 4) is 0 Å². The van der Waals surface area contributed by atoms with Crippen molar-refractivity contribution >= 4 is 17.6 Å². The van der Waals surface area contributed by atoms with E-state index in [-0.39, 0.29) is 12.0 Å². The summed E-state index contributed by atoms with van der Waals surface area (Å²) in [7, 11) is 0. The number of anilines is 1. The number of nitrogens with two attached hydrogens (primary N) is 1. The molecule has 0 unspecified atom stereocenters. The zero-order chi connectivity index (χ0) is 15.8. The largest absolute Gasteiger partial charge is 0.462 e. The van der Waals surface area contributed by atoms with Gasteiger partial charge < -0.3 is 15.8 Å². The summed E-state index contributed by atoms with van der Waals surface area (Å²) < 4.78 is 5.07. The highest BCUT2D eigenvalue weighted by atomic mass is 16.5. The van der Waals surface area contributed by atoms with Crippen LogP contribution >= 0.6 is 0 Å². The molecular weight excluding hydrogens is 268 g/mol. The normalized spacial score (nSPS) is 12.0. The van der Waals surface area contributed by atoms with Gasteiger partial charge >= 0.3 is 5.97 Å². The quantitative estimate of drug-likeness (QED) is 0.755. The molecule has 0 fully saturated rings. The van der Waals surface area contributed by atoms with E-state index >= 15 is 0 Å². The fourth-order valence-electron chi connectivity index (χ4n) is 1.83. The lowest BCUT2D eigenvalue weighted by atomic mass is 10.1. The molecule has 0 bridgehead atoms. The number of amides is 1. The molecule has 1 amide bonds. The van der Waals surface area contributed by atoms with Gasteiger partial charge in [-0.25, -0.2) is 0 Å². The number of carbonyl (C=O) groups is 2. The van der Waals surface area contributed by atoms with E-state index in [1.807, 2.05) is 31.2 Å². The molecule has 1 atom stereocenters. The average molecular weight is 292 g/mol. The fourth-order valence-corrected chi connectivity index (χ4v) is 1.83. The molecule has 0 radical (unpaired) electrons. The highest BCUT2D eigenvalue weighted by Gasteiger charge is 2.16. The Balaban J connectivity index is 2.54. The Hall–Kier alpha value is -1.88. The van der Waals surface area contributed by atoms with Crippen LogP contribution in [-0.4, -0.2) is 24.0 Å². The SMILES string of the molecule is CCCC(=O)Nc1ccc(C[C@H](N)C(=O)OC(C)C)cc1. The molecule has 0 aromatic heterocycles. The van der Waals surface area contributed by atoms with Crippen molar-refractivity contribution in [1.29, 1.82) is 0 Å². The molecule has 0 saturated carbocycles. The molecule has 0 aliphatic heterocycles. The second kappa shape index (κ2) is 8.42. The number of hydrogen-bond donors (Lipinski definition) is 2. The predicted molar refractivity (Wildman–Crippen MR) is 82.9 cm³/mol. The van der Waals surface area contributed by atoms with E-state index in [0.717, 1.165) is 17.7 Å². The van der Waals surface area contributed by atoms with Crippen LogP contribution in [0.25, 0.3) is 0 Å². The summed E-state index contributed by atoms with van der Waals surface area (Å²) in [5.41, 5.74) is 7.48. The number of esters is 1. The Kier molecular flexibility index (Phi) is 6.88. The Morgan fingerprint density at radius 1 is 1.24 bits per heavy atom. The molecule has 1 aromatic carbocycles. The Bertz CT molecular complexity index is 469. The Labute approximate surface area is 125 Å². The summed E-state index contributed by atoms with van der Waals surface area (Å²) in [4.78, 5) is 23.1. The first kappa shape index (κ1) is 17.2. The molecule has 21 heavy (non-hydrogen) atoms. The predicted octanol–water partition coefficient (Wildman–Crippen LogP) is 2.25. The lowest BCUT2D eigenvalue weighted by Gasteiger charge is -2.14. The van der Waals surface area contributed by atoms with Crippen LogP contribution in [-0.2, 0) is 20.7 Å². The van der Waals surface area contributed by atoms with Crippen molar-refractivity contribution in [2.24, 2.45) is 5.73 Å². The van der Waals surface area contributed by atoms with E-state index in [0.29, 0.717) is 12.8 Å². The molecule has 0 spiro atoms. The molecule has 0 aliphatic carbocycles. The summed E-state index contributed by atoms with van der Waals surface area (Å²) in [6.45, 7) is 5.54. The number of ether oxygens (including phenoxy) is 1. The third kappa shape index (κ3) is 6.40. The van der Waals surface area contributed by atoms with Gasteiger partial charge in [0.2, 0.25) is 5.91 Å². The van der Waals surface area contributed by atoms with Gasteiger partial charge in [-0.2, -0.15) is 0 Å². The minimum atomic E-state index is -0.673. The topological polar surface area (TPSA) is 81.4 Å². The summed E-state index contributed by atoms with van der Waals surface area (Å²) in [6.07, 6.45) is 1.57. The number of carbonyl (C=O) groups excluding carboxylic acids is 2. The first-order valence-electron chi connectivity index (χ1n) is 7.27. The molecule has 5 heteroatoms. The number of benzene rings is 1. The standard InChI is InChI=1S/C16H24N2O3/c1-4-5-15(19)18-13-8-6-12(7-9-13)10-14(17)16(20)21-11(2)3/h6-9,11,14H,4-5,10,17H2,1-3H3,(H,18,19)/t14-/m0/s1. The second-order valence-electron chi connectivity index (χ2n) is 5.29. The highest BCUT2D eigenvalue weighted by Crippen LogP contribution is 2.12. The van der Waals surface area contributed by atoms with Gasteiger partial charge in [-0.3, -0.25) is 9.59 Å². The molecule has 5 nitrogen and oxygen atoms in total. The monoisotopic (exact) mass is 292 g/mol. The van der Waals surface area contributed by atoms with E-state index in [4.69, 9.17) is 10.5 Å². The van der Waals surface area contributed by atoms with Gasteiger partial charge in [0, 0.05) is 12.1 Å². The third-order valence-corrected chi connectivity index (χ3v) is 2.82. The van der Waals surface area contributed by atoms with Crippen molar-refractivity contribution < 1.29 is 14.3 Å². The first-order chi connectivity index (χ1) is 9.92. The number of nitrogens with one attached hydrogen (secondary N) is 1. The van der Waals surface area contributed by atoms with Crippen LogP contribution in [0.2, 0.25) is 0 Å². The van der Waals surface area contributed by atoms with Crippen molar-refractivity contribution in [3.63, 3.8) is 0 Å². The maximum atomic E-state index is 11.6. The van der Waals surface area contributed by atoms with Gasteiger partial charge in [0.05, 0.1) is 6.10 Å². The lowest BCUT2D eigenvalue weighted by molar-refractivity contribution is -0.148. The van der Waals surface area contributed by atoms with Gasteiger partial charge in [-0.15, -0.1) is 0 Å². The van der Waals surface area contributed by atoms with Gasteiger partial charge in [-0.05, 0) is 44.4 Å². The smallest absolute Gasteiger partial charge is 0.323 e. The molecule has 116 valence electrons. The van der Waals surface area contributed by atoms with E-state index in [1.54, 1.807) is 13.8 Å². The average Bonchev–Trinajstić information content (AvgIpc) is 2.40. The van der Waals surface area contributed by atoms with E-state index in [1.165, 1.54) is 0 Å². The van der Waals surface area contributed by atoms with Crippen molar-refractivity contribution in [2.45, 2.75) is 52.2 Å². The summed E-state index contributed by atoms with van der Waals surface area (Å²) in [5.74, 6) is -0.396. The van der Waals surface area contributed by atoms with Gasteiger partial charge in [0.25, 0.3) is 0 Å². The van der Waals surface area contributed by atoms with Crippen LogP contribution in [0.15, 0.2) is 24.3 Å². The number of hydrogen-bond acceptors (Lipinski definition) is 4. The maximum absolute atomic E-state index is 11.6. The van der Waals surface area contributed by atoms with Gasteiger partial charge in [-0.1, -0.05) is 19.1 Å². The zero-order valence-electron chi connectivity index (χ0n) is 12.9. The van der Waals surface area contributed by atoms with E-state index < -0.39 is 12.0 Å². The maximum Gasteiger partial charge on any atom is 0.323 e. The fraction of sp³-hybridized carbons (Fsp3) is 0.500. The second-order valence-corrected chi connectivity index (χ2v) is 5.29. The molecule has 1 aromatic rings. The molecular formula is C16H24N2O3. The Morgan fingerprint density at radius 2 is 1.86 bits per heavy atom. The molecule has 1 rings (SSSR count). The van der Waals surface area contributed by atoms with Gasteiger partial charge in [0.1, 0.15) is 6.04 Å². The van der Waals surface area contributed by atoms with Crippen molar-refractivity contribution in [2.75, 3.05) is 5.32 Å². The van der Waals surface area contributed by atoms with Crippen LogP contribution in [0.3, 0.4) is 0 Å². The summed E-state index contributed by atoms with van der Waals surface area (Å²) in [5, 5.41) is 2.81. The van der Waals surface area contributed by atoms with E-state index in [9.17, 15) is 9.59 Å². The van der Waals surface area contributed by atoms with Crippen LogP contribution in [0, 0.1) is 0 Å². The minimum absolute atomic E-state index is 0.00228. The number of rotatable bonds is 7. The van der Waals surface area contributed by atoms with Gasteiger partial charge in [0.15, 0.2) is 0 Å². The molecule has 0 heterocycles. The van der Waals surface area contributed by atoms with Crippen LogP contribution in [0.5, 0.6) is 0 Å². The third-order valence-electron chi connectivity index (χ3n) is 2.82. The van der Waals surface area contributed by atoms with Crippen LogP contribution in [0.1, 0.15) is 39.2 Å². The highest BCUT2D eigenvalue weighted by molar-refractivity contribution is 5.90. The zero-order valence-corrected chi connectivity index (χ0v) is 12.9. The molecule has 0 saturated heterocycles. The summed E-state index contributed by atoms with van der Waals surface area (Å²) >= 11 is 0.